The van der Waals surface area contributed by atoms with E-state index in [0.29, 0.717) is 0 Å². The SMILES string of the molecule is C[N+](C)C(CO)CO. The van der Waals surface area contributed by atoms with Crippen LogP contribution in [0.25, 0.3) is 0 Å². The Labute approximate surface area is 49.5 Å². The van der Waals surface area contributed by atoms with Crippen molar-refractivity contribution in [1.29, 1.82) is 0 Å². The molecule has 3 nitrogen and oxygen atoms in total. The second-order valence-corrected chi connectivity index (χ2v) is 1.98. The van der Waals surface area contributed by atoms with Gasteiger partial charge in [0, 0.05) is 0 Å². The van der Waals surface area contributed by atoms with Crippen molar-refractivity contribution in [2.45, 2.75) is 6.04 Å². The summed E-state index contributed by atoms with van der Waals surface area (Å²) in [4.78, 5) is 1.78. The molecule has 3 heteroatoms. The van der Waals surface area contributed by atoms with Crippen molar-refractivity contribution in [3.05, 3.63) is 0 Å². The Morgan fingerprint density at radius 3 is 1.62 bits per heavy atom. The van der Waals surface area contributed by atoms with Gasteiger partial charge in [-0.1, -0.05) is 0 Å². The van der Waals surface area contributed by atoms with Gasteiger partial charge < -0.3 is 10.2 Å². The van der Waals surface area contributed by atoms with Crippen molar-refractivity contribution in [2.75, 3.05) is 27.3 Å². The van der Waals surface area contributed by atoms with Gasteiger partial charge in [-0.2, -0.15) is 4.90 Å². The number of nitrogens with zero attached hydrogens (tertiary/aromatic N) is 1. The monoisotopic (exact) mass is 119 g/mol. The summed E-state index contributed by atoms with van der Waals surface area (Å²) in [5.74, 6) is 0. The molecule has 2 N–H and O–H groups in total. The van der Waals surface area contributed by atoms with Crippen molar-refractivity contribution < 1.29 is 10.2 Å². The fourth-order valence-corrected chi connectivity index (χ4v) is 0.384. The molecular formula is C5H13NO2+. The highest BCUT2D eigenvalue weighted by atomic mass is 16.3. The first-order valence-electron chi connectivity index (χ1n) is 2.60. The van der Waals surface area contributed by atoms with Gasteiger partial charge in [0.05, 0.1) is 0 Å². The third-order valence-electron chi connectivity index (χ3n) is 1.15. The van der Waals surface area contributed by atoms with Gasteiger partial charge in [0.15, 0.2) is 6.04 Å². The van der Waals surface area contributed by atoms with Gasteiger partial charge in [-0.05, 0) is 0 Å². The predicted molar refractivity (Wildman–Crippen MR) is 31.9 cm³/mol. The molecule has 0 heterocycles. The van der Waals surface area contributed by atoms with E-state index in [2.05, 4.69) is 0 Å². The van der Waals surface area contributed by atoms with Crippen LogP contribution in [0.4, 0.5) is 0 Å². The third kappa shape index (κ3) is 2.26. The Balaban J connectivity index is 3.35. The molecule has 0 atom stereocenters. The van der Waals surface area contributed by atoms with Gasteiger partial charge in [-0.15, -0.1) is 0 Å². The van der Waals surface area contributed by atoms with Crippen molar-refractivity contribution in [3.8, 4) is 0 Å². The molecule has 0 bridgehead atoms. The number of rotatable bonds is 3. The van der Waals surface area contributed by atoms with Gasteiger partial charge in [-0.3, -0.25) is 0 Å². The Hall–Kier alpha value is -0.120. The number of likely N-dealkylation sites (N-methyl/N-ethyl adjacent to an activating group) is 1. The zero-order valence-electron chi connectivity index (χ0n) is 5.33. The summed E-state index contributed by atoms with van der Waals surface area (Å²) in [6.45, 7) is 0.0347. The largest absolute Gasteiger partial charge is 0.390 e. The van der Waals surface area contributed by atoms with E-state index in [1.165, 1.54) is 0 Å². The highest BCUT2D eigenvalue weighted by Gasteiger charge is 2.15. The summed E-state index contributed by atoms with van der Waals surface area (Å²) >= 11 is 0. The molecule has 0 aliphatic heterocycles. The molecule has 0 aromatic heterocycles. The van der Waals surface area contributed by atoms with E-state index in [9.17, 15) is 0 Å². The molecule has 0 aliphatic rings. The van der Waals surface area contributed by atoms with Gasteiger partial charge >= 0.3 is 0 Å². The van der Waals surface area contributed by atoms with E-state index in [1.807, 2.05) is 14.1 Å². The Morgan fingerprint density at radius 2 is 1.62 bits per heavy atom. The molecule has 8 heavy (non-hydrogen) atoms. The van der Waals surface area contributed by atoms with Crippen LogP contribution in [0.3, 0.4) is 0 Å². The maximum atomic E-state index is 8.49. The Kier molecular flexibility index (Phi) is 3.77. The van der Waals surface area contributed by atoms with Gasteiger partial charge in [0.25, 0.3) is 0 Å². The van der Waals surface area contributed by atoms with E-state index in [4.69, 9.17) is 10.2 Å². The molecule has 0 saturated heterocycles. The minimum absolute atomic E-state index is 0.0174. The molecule has 0 aliphatic carbocycles. The number of aliphatic hydroxyl groups excluding tert-OH is 2. The van der Waals surface area contributed by atoms with E-state index < -0.39 is 0 Å². The Bertz CT molecular complexity index is 52.4. The molecule has 0 rings (SSSR count). The fourth-order valence-electron chi connectivity index (χ4n) is 0.384. The predicted octanol–water partition coefficient (Wildman–Crippen LogP) is -1.26. The number of hydrogen-bond acceptors (Lipinski definition) is 3. The first kappa shape index (κ1) is 7.88. The lowest BCUT2D eigenvalue weighted by Crippen LogP contribution is -2.39. The molecular weight excluding hydrogens is 106 g/mol. The average molecular weight is 119 g/mol. The van der Waals surface area contributed by atoms with Crippen LogP contribution in [0.1, 0.15) is 0 Å². The molecule has 49 valence electrons. The van der Waals surface area contributed by atoms with E-state index >= 15 is 0 Å². The highest BCUT2D eigenvalue weighted by molar-refractivity contribution is 4.65. The molecule has 0 spiro atoms. The van der Waals surface area contributed by atoms with Crippen molar-refractivity contribution in [2.24, 2.45) is 0 Å². The maximum Gasteiger partial charge on any atom is 0.178 e. The van der Waals surface area contributed by atoms with Gasteiger partial charge in [-0.25, -0.2) is 0 Å². The zero-order chi connectivity index (χ0) is 6.57. The number of hydrogen-bond donors (Lipinski definition) is 2. The quantitative estimate of drug-likeness (QED) is 0.455. The summed E-state index contributed by atoms with van der Waals surface area (Å²) in [7, 11) is 3.63. The highest BCUT2D eigenvalue weighted by Crippen LogP contribution is 1.83. The normalized spacial score (nSPS) is 11.2. The summed E-state index contributed by atoms with van der Waals surface area (Å²) < 4.78 is 0. The second-order valence-electron chi connectivity index (χ2n) is 1.98. The van der Waals surface area contributed by atoms with Crippen LogP contribution >= 0.6 is 0 Å². The lowest BCUT2D eigenvalue weighted by molar-refractivity contribution is 0.147. The van der Waals surface area contributed by atoms with E-state index in [0.717, 1.165) is 0 Å². The summed E-state index contributed by atoms with van der Waals surface area (Å²) in [5.41, 5.74) is 0. The smallest absolute Gasteiger partial charge is 0.178 e. The third-order valence-corrected chi connectivity index (χ3v) is 1.15. The molecule has 1 radical (unpaired) electrons. The topological polar surface area (TPSA) is 46.4 Å². The lowest BCUT2D eigenvalue weighted by Gasteiger charge is -2.08. The summed E-state index contributed by atoms with van der Waals surface area (Å²) in [6.07, 6.45) is 0. The molecule has 0 saturated carbocycles. The standard InChI is InChI=1S/C5H13NO2/c1-6(2)5(3-7)4-8/h5,7-8H,3-4H2,1-2H3/q+1. The summed E-state index contributed by atoms with van der Waals surface area (Å²) in [5, 5.41) is 17.0. The lowest BCUT2D eigenvalue weighted by atomic mass is 10.3. The molecule has 0 aromatic carbocycles. The zero-order valence-corrected chi connectivity index (χ0v) is 5.33. The second kappa shape index (κ2) is 3.83. The molecule has 0 amide bonds. The first-order chi connectivity index (χ1) is 3.72. The fraction of sp³-hybridized carbons (Fsp3) is 1.00. The molecule has 0 unspecified atom stereocenters. The van der Waals surface area contributed by atoms with Crippen LogP contribution in [0.15, 0.2) is 0 Å². The van der Waals surface area contributed by atoms with Gasteiger partial charge in [0.1, 0.15) is 27.3 Å². The van der Waals surface area contributed by atoms with E-state index in [-0.39, 0.29) is 19.3 Å². The molecule has 0 fully saturated rings. The first-order valence-corrected chi connectivity index (χ1v) is 2.60. The molecule has 0 aromatic rings. The van der Waals surface area contributed by atoms with Crippen molar-refractivity contribution in [1.82, 2.24) is 4.90 Å². The maximum absolute atomic E-state index is 8.49. The van der Waals surface area contributed by atoms with Crippen LogP contribution < -0.4 is 4.90 Å². The Morgan fingerprint density at radius 1 is 1.25 bits per heavy atom. The minimum atomic E-state index is -0.102. The van der Waals surface area contributed by atoms with Crippen LogP contribution in [0.2, 0.25) is 0 Å². The van der Waals surface area contributed by atoms with Crippen molar-refractivity contribution >= 4 is 0 Å². The van der Waals surface area contributed by atoms with Gasteiger partial charge in [0.2, 0.25) is 0 Å². The van der Waals surface area contributed by atoms with E-state index in [1.54, 1.807) is 4.90 Å². The van der Waals surface area contributed by atoms with Crippen molar-refractivity contribution in [3.63, 3.8) is 0 Å². The van der Waals surface area contributed by atoms with Crippen LogP contribution in [0.5, 0.6) is 0 Å². The van der Waals surface area contributed by atoms with Crippen LogP contribution in [0, 0.1) is 0 Å². The number of aliphatic hydroxyl groups is 2. The minimum Gasteiger partial charge on any atom is -0.390 e. The van der Waals surface area contributed by atoms with Crippen LogP contribution in [-0.4, -0.2) is 43.6 Å². The van der Waals surface area contributed by atoms with Crippen LogP contribution in [-0.2, 0) is 0 Å². The average Bonchev–Trinajstić information content (AvgIpc) is 1.69. The summed E-state index contributed by atoms with van der Waals surface area (Å²) in [6, 6.07) is -0.102.